The molecule has 2 N–H and O–H groups in total. The van der Waals surface area contributed by atoms with Crippen LogP contribution in [0.2, 0.25) is 5.02 Å². The van der Waals surface area contributed by atoms with Gasteiger partial charge in [0.15, 0.2) is 0 Å². The lowest BCUT2D eigenvalue weighted by atomic mass is 10.2. The Bertz CT molecular complexity index is 343. The van der Waals surface area contributed by atoms with Gasteiger partial charge in [0.2, 0.25) is 0 Å². The maximum absolute atomic E-state index is 12.4. The first-order valence-corrected chi connectivity index (χ1v) is 5.95. The molecule has 1 aromatic rings. The quantitative estimate of drug-likeness (QED) is 0.846. The number of nitrogens with two attached hydrogens (primary N) is 1. The molecule has 0 aliphatic rings. The van der Waals surface area contributed by atoms with Gasteiger partial charge in [0.25, 0.3) is 0 Å². The van der Waals surface area contributed by atoms with Crippen LogP contribution in [0.1, 0.15) is 0 Å². The molecule has 0 saturated carbocycles. The van der Waals surface area contributed by atoms with E-state index in [1.165, 1.54) is 0 Å². The van der Waals surface area contributed by atoms with Crippen molar-refractivity contribution in [1.29, 1.82) is 0 Å². The second kappa shape index (κ2) is 5.80. The van der Waals surface area contributed by atoms with Gasteiger partial charge >= 0.3 is 6.18 Å². The third-order valence-electron chi connectivity index (χ3n) is 1.99. The summed E-state index contributed by atoms with van der Waals surface area (Å²) in [7, 11) is 0. The predicted octanol–water partition coefficient (Wildman–Crippen LogP) is 3.57. The maximum atomic E-state index is 12.4. The molecule has 1 atom stereocenters. The Morgan fingerprint density at radius 2 is 2.06 bits per heavy atom. The molecule has 0 amide bonds. The minimum atomic E-state index is -4.24. The van der Waals surface area contributed by atoms with Crippen LogP contribution in [-0.4, -0.2) is 18.5 Å². The number of rotatable bonds is 4. The summed E-state index contributed by atoms with van der Waals surface area (Å²) >= 11 is 6.83. The molecule has 0 spiro atoms. The highest BCUT2D eigenvalue weighted by Gasteiger charge is 2.38. The van der Waals surface area contributed by atoms with Gasteiger partial charge < -0.3 is 5.73 Å². The number of hydrogen-bond acceptors (Lipinski definition) is 2. The Hall–Kier alpha value is -0.390. The second-order valence-electron chi connectivity index (χ2n) is 3.24. The van der Waals surface area contributed by atoms with Crippen molar-refractivity contribution in [2.45, 2.75) is 11.1 Å². The fourth-order valence-corrected chi connectivity index (χ4v) is 2.41. The number of halogens is 4. The van der Waals surface area contributed by atoms with Gasteiger partial charge in [-0.3, -0.25) is 0 Å². The van der Waals surface area contributed by atoms with E-state index < -0.39 is 18.6 Å². The molecule has 0 aromatic heterocycles. The topological polar surface area (TPSA) is 26.0 Å². The zero-order valence-electron chi connectivity index (χ0n) is 8.30. The highest BCUT2D eigenvalue weighted by atomic mass is 35.5. The Morgan fingerprint density at radius 1 is 1.38 bits per heavy atom. The van der Waals surface area contributed by atoms with Crippen LogP contribution < -0.4 is 5.73 Å². The fourth-order valence-electron chi connectivity index (χ4n) is 1.05. The van der Waals surface area contributed by atoms with E-state index in [1.54, 1.807) is 24.3 Å². The van der Waals surface area contributed by atoms with Crippen LogP contribution >= 0.6 is 23.4 Å². The molecule has 0 saturated heterocycles. The highest BCUT2D eigenvalue weighted by Crippen LogP contribution is 2.31. The van der Waals surface area contributed by atoms with Crippen molar-refractivity contribution in [2.75, 3.05) is 12.3 Å². The minimum absolute atomic E-state index is 0.0830. The molecule has 1 unspecified atom stereocenters. The first kappa shape index (κ1) is 13.7. The van der Waals surface area contributed by atoms with E-state index in [4.69, 9.17) is 17.3 Å². The molecule has 1 nitrogen and oxygen atoms in total. The first-order chi connectivity index (χ1) is 7.43. The van der Waals surface area contributed by atoms with Crippen molar-refractivity contribution in [1.82, 2.24) is 0 Å². The second-order valence-corrected chi connectivity index (χ2v) is 4.77. The number of thioether (sulfide) groups is 1. The van der Waals surface area contributed by atoms with Gasteiger partial charge in [-0.15, -0.1) is 11.8 Å². The van der Waals surface area contributed by atoms with Gasteiger partial charge in [-0.25, -0.2) is 0 Å². The molecular weight excluding hydrogens is 259 g/mol. The van der Waals surface area contributed by atoms with Gasteiger partial charge in [0.1, 0.15) is 0 Å². The average Bonchev–Trinajstić information content (AvgIpc) is 2.16. The van der Waals surface area contributed by atoms with Gasteiger partial charge in [-0.2, -0.15) is 13.2 Å². The van der Waals surface area contributed by atoms with E-state index in [0.717, 1.165) is 16.7 Å². The molecule has 16 heavy (non-hydrogen) atoms. The SMILES string of the molecule is NCC(CSc1cccc(Cl)c1)C(F)(F)F. The molecular formula is C10H11ClF3NS. The third kappa shape index (κ3) is 4.23. The summed E-state index contributed by atoms with van der Waals surface area (Å²) in [5, 5.41) is 0.515. The minimum Gasteiger partial charge on any atom is -0.330 e. The smallest absolute Gasteiger partial charge is 0.330 e. The van der Waals surface area contributed by atoms with Gasteiger partial charge in [-0.05, 0) is 18.2 Å². The summed E-state index contributed by atoms with van der Waals surface area (Å²) in [5.41, 5.74) is 5.09. The van der Waals surface area contributed by atoms with Crippen LogP contribution in [0.5, 0.6) is 0 Å². The normalized spacial score (nSPS) is 13.8. The Labute approximate surface area is 101 Å². The van der Waals surface area contributed by atoms with E-state index in [-0.39, 0.29) is 5.75 Å². The molecule has 0 fully saturated rings. The van der Waals surface area contributed by atoms with E-state index in [2.05, 4.69) is 0 Å². The zero-order valence-corrected chi connectivity index (χ0v) is 9.87. The lowest BCUT2D eigenvalue weighted by Gasteiger charge is -2.17. The van der Waals surface area contributed by atoms with Gasteiger partial charge in [0, 0.05) is 22.2 Å². The molecule has 0 radical (unpaired) electrons. The zero-order chi connectivity index (χ0) is 12.2. The molecule has 1 rings (SSSR count). The van der Waals surface area contributed by atoms with Crippen LogP contribution in [0.4, 0.5) is 13.2 Å². The maximum Gasteiger partial charge on any atom is 0.393 e. The molecule has 0 aliphatic heterocycles. The van der Waals surface area contributed by atoms with Gasteiger partial charge in [0.05, 0.1) is 5.92 Å². The van der Waals surface area contributed by atoms with Crippen molar-refractivity contribution in [3.05, 3.63) is 29.3 Å². The Kier molecular flexibility index (Phi) is 4.95. The van der Waals surface area contributed by atoms with Crippen LogP contribution in [0.15, 0.2) is 29.2 Å². The molecule has 6 heteroatoms. The molecule has 0 bridgehead atoms. The summed E-state index contributed by atoms with van der Waals surface area (Å²) in [6, 6.07) is 6.74. The summed E-state index contributed by atoms with van der Waals surface area (Å²) in [4.78, 5) is 0.718. The lowest BCUT2D eigenvalue weighted by Crippen LogP contribution is -2.32. The Balaban J connectivity index is 2.56. The highest BCUT2D eigenvalue weighted by molar-refractivity contribution is 7.99. The molecule has 1 aromatic carbocycles. The summed E-state index contributed by atoms with van der Waals surface area (Å²) in [5.74, 6) is -1.56. The molecule has 90 valence electrons. The first-order valence-electron chi connectivity index (χ1n) is 4.58. The van der Waals surface area contributed by atoms with Crippen LogP contribution in [0, 0.1) is 5.92 Å². The van der Waals surface area contributed by atoms with Crippen molar-refractivity contribution >= 4 is 23.4 Å². The van der Waals surface area contributed by atoms with Gasteiger partial charge in [-0.1, -0.05) is 17.7 Å². The fraction of sp³-hybridized carbons (Fsp3) is 0.400. The number of hydrogen-bond donors (Lipinski definition) is 1. The summed E-state index contributed by atoms with van der Waals surface area (Å²) < 4.78 is 37.1. The third-order valence-corrected chi connectivity index (χ3v) is 3.39. The van der Waals surface area contributed by atoms with Crippen molar-refractivity contribution in [3.8, 4) is 0 Å². The summed E-state index contributed by atoms with van der Waals surface area (Å²) in [6.07, 6.45) is -4.24. The predicted molar refractivity (Wildman–Crippen MR) is 60.8 cm³/mol. The monoisotopic (exact) mass is 269 g/mol. The van der Waals surface area contributed by atoms with Crippen molar-refractivity contribution in [2.24, 2.45) is 11.7 Å². The standard InChI is InChI=1S/C10H11ClF3NS/c11-8-2-1-3-9(4-8)16-6-7(5-15)10(12,13)14/h1-4,7H,5-6,15H2. The largest absolute Gasteiger partial charge is 0.393 e. The molecule has 0 heterocycles. The summed E-state index contributed by atoms with van der Waals surface area (Å²) in [6.45, 7) is -0.392. The Morgan fingerprint density at radius 3 is 2.56 bits per heavy atom. The van der Waals surface area contributed by atoms with Crippen LogP contribution in [0.25, 0.3) is 0 Å². The van der Waals surface area contributed by atoms with Crippen LogP contribution in [-0.2, 0) is 0 Å². The van der Waals surface area contributed by atoms with Crippen molar-refractivity contribution in [3.63, 3.8) is 0 Å². The van der Waals surface area contributed by atoms with E-state index in [1.807, 2.05) is 0 Å². The average molecular weight is 270 g/mol. The van der Waals surface area contributed by atoms with Crippen LogP contribution in [0.3, 0.4) is 0 Å². The van der Waals surface area contributed by atoms with E-state index in [0.29, 0.717) is 5.02 Å². The van der Waals surface area contributed by atoms with E-state index in [9.17, 15) is 13.2 Å². The molecule has 0 aliphatic carbocycles. The van der Waals surface area contributed by atoms with Crippen molar-refractivity contribution < 1.29 is 13.2 Å². The van der Waals surface area contributed by atoms with E-state index >= 15 is 0 Å². The lowest BCUT2D eigenvalue weighted by molar-refractivity contribution is -0.165. The number of benzene rings is 1. The number of alkyl halides is 3.